The summed E-state index contributed by atoms with van der Waals surface area (Å²) in [6.45, 7) is 0. The molecule has 2 aliphatic rings. The molecule has 0 aliphatic heterocycles. The Morgan fingerprint density at radius 1 is 0.462 bits per heavy atom. The van der Waals surface area contributed by atoms with Crippen molar-refractivity contribution in [3.05, 3.63) is 121 Å². The van der Waals surface area contributed by atoms with Gasteiger partial charge >= 0.3 is 0 Å². The zero-order valence-electron chi connectivity index (χ0n) is 23.1. The SMILES string of the molecule is O=P(c1ccccc1)(c1ccccc1)C1CCCCC1.c1ccc(P(c2ccccc2)C2CCCCC2)cc1. The number of benzene rings is 4. The Morgan fingerprint density at radius 2 is 0.821 bits per heavy atom. The molecule has 2 fully saturated rings. The Hall–Kier alpha value is -2.46. The van der Waals surface area contributed by atoms with E-state index in [9.17, 15) is 4.57 Å². The van der Waals surface area contributed by atoms with Crippen molar-refractivity contribution in [3.63, 3.8) is 0 Å². The lowest BCUT2D eigenvalue weighted by Gasteiger charge is -2.31. The molecule has 0 N–H and O–H groups in total. The van der Waals surface area contributed by atoms with Crippen molar-refractivity contribution >= 4 is 36.3 Å². The third-order valence-corrected chi connectivity index (χ3v) is 15.0. The van der Waals surface area contributed by atoms with Gasteiger partial charge in [-0.15, -0.1) is 0 Å². The lowest BCUT2D eigenvalue weighted by Crippen LogP contribution is -2.27. The first kappa shape index (κ1) is 28.1. The van der Waals surface area contributed by atoms with Crippen LogP contribution in [-0.4, -0.2) is 11.3 Å². The van der Waals surface area contributed by atoms with Crippen LogP contribution in [0.1, 0.15) is 64.2 Å². The molecule has 4 aromatic carbocycles. The average Bonchev–Trinajstić information content (AvgIpc) is 3.04. The van der Waals surface area contributed by atoms with Crippen LogP contribution in [0.2, 0.25) is 0 Å². The first-order valence-corrected chi connectivity index (χ1v) is 18.1. The fraction of sp³-hybridized carbons (Fsp3) is 0.333. The van der Waals surface area contributed by atoms with Crippen molar-refractivity contribution < 1.29 is 4.57 Å². The summed E-state index contributed by atoms with van der Waals surface area (Å²) in [6.07, 6.45) is 13.0. The van der Waals surface area contributed by atoms with Crippen LogP contribution in [0.3, 0.4) is 0 Å². The van der Waals surface area contributed by atoms with Crippen LogP contribution in [0.15, 0.2) is 121 Å². The van der Waals surface area contributed by atoms with Crippen LogP contribution in [0.4, 0.5) is 0 Å². The third kappa shape index (κ3) is 7.01. The molecule has 0 radical (unpaired) electrons. The summed E-state index contributed by atoms with van der Waals surface area (Å²) in [7, 11) is -2.67. The molecule has 202 valence electrons. The third-order valence-electron chi connectivity index (χ3n) is 8.38. The fourth-order valence-corrected chi connectivity index (χ4v) is 12.9. The van der Waals surface area contributed by atoms with E-state index in [4.69, 9.17) is 0 Å². The molecule has 0 unspecified atom stereocenters. The zero-order valence-corrected chi connectivity index (χ0v) is 24.9. The first-order chi connectivity index (χ1) is 19.3. The molecule has 39 heavy (non-hydrogen) atoms. The van der Waals surface area contributed by atoms with Crippen molar-refractivity contribution in [2.75, 3.05) is 0 Å². The Balaban J connectivity index is 0.000000158. The van der Waals surface area contributed by atoms with Gasteiger partial charge in [0.05, 0.1) is 0 Å². The maximum absolute atomic E-state index is 14.0. The van der Waals surface area contributed by atoms with Crippen LogP contribution in [-0.2, 0) is 4.57 Å². The summed E-state index contributed by atoms with van der Waals surface area (Å²) in [5, 5.41) is 5.16. The smallest absolute Gasteiger partial charge is 0.146 e. The quantitative estimate of drug-likeness (QED) is 0.219. The van der Waals surface area contributed by atoms with Crippen molar-refractivity contribution in [1.29, 1.82) is 0 Å². The van der Waals surface area contributed by atoms with Gasteiger partial charge in [0.1, 0.15) is 7.14 Å². The van der Waals surface area contributed by atoms with E-state index in [1.165, 1.54) is 51.4 Å². The van der Waals surface area contributed by atoms with Crippen molar-refractivity contribution in [2.24, 2.45) is 0 Å². The summed E-state index contributed by atoms with van der Waals surface area (Å²) in [5.41, 5.74) is 1.20. The molecule has 0 amide bonds. The number of rotatable bonds is 6. The van der Waals surface area contributed by atoms with Crippen LogP contribution >= 0.6 is 15.1 Å². The van der Waals surface area contributed by atoms with E-state index in [1.807, 2.05) is 60.7 Å². The van der Waals surface area contributed by atoms with E-state index in [0.29, 0.717) is 5.66 Å². The predicted molar refractivity (Wildman–Crippen MR) is 173 cm³/mol. The van der Waals surface area contributed by atoms with Crippen LogP contribution in [0.25, 0.3) is 0 Å². The van der Waals surface area contributed by atoms with Gasteiger partial charge in [0, 0.05) is 16.3 Å². The van der Waals surface area contributed by atoms with E-state index in [-0.39, 0.29) is 7.92 Å². The molecular weight excluding hydrogens is 510 g/mol. The lowest BCUT2D eigenvalue weighted by atomic mass is 10.0. The fourth-order valence-electron chi connectivity index (χ4n) is 6.40. The van der Waals surface area contributed by atoms with Crippen LogP contribution in [0.5, 0.6) is 0 Å². The molecule has 0 bridgehead atoms. The second-order valence-corrected chi connectivity index (χ2v) is 16.5. The largest absolute Gasteiger partial charge is 0.313 e. The Labute approximate surface area is 237 Å². The summed E-state index contributed by atoms with van der Waals surface area (Å²) in [6, 6.07) is 42.5. The van der Waals surface area contributed by atoms with E-state index in [0.717, 1.165) is 29.1 Å². The van der Waals surface area contributed by atoms with E-state index < -0.39 is 7.14 Å². The zero-order chi connectivity index (χ0) is 26.8. The summed E-state index contributed by atoms with van der Waals surface area (Å²) in [4.78, 5) is 0. The van der Waals surface area contributed by atoms with Gasteiger partial charge in [0.15, 0.2) is 0 Å². The highest BCUT2D eigenvalue weighted by Gasteiger charge is 2.36. The van der Waals surface area contributed by atoms with Crippen molar-refractivity contribution in [2.45, 2.75) is 75.5 Å². The molecule has 0 atom stereocenters. The molecule has 4 aromatic rings. The molecule has 0 saturated heterocycles. The van der Waals surface area contributed by atoms with Crippen LogP contribution < -0.4 is 21.2 Å². The maximum Gasteiger partial charge on any atom is 0.146 e. The minimum atomic E-state index is -2.50. The molecule has 2 saturated carbocycles. The van der Waals surface area contributed by atoms with Gasteiger partial charge in [-0.05, 0) is 49.9 Å². The van der Waals surface area contributed by atoms with E-state index in [2.05, 4.69) is 60.7 Å². The molecule has 0 heterocycles. The molecule has 3 heteroatoms. The van der Waals surface area contributed by atoms with Crippen molar-refractivity contribution in [3.8, 4) is 0 Å². The predicted octanol–water partition coefficient (Wildman–Crippen LogP) is 8.79. The van der Waals surface area contributed by atoms with Gasteiger partial charge in [-0.3, -0.25) is 0 Å². The normalized spacial score (nSPS) is 16.8. The van der Waals surface area contributed by atoms with Gasteiger partial charge in [0.25, 0.3) is 0 Å². The van der Waals surface area contributed by atoms with Gasteiger partial charge in [-0.1, -0.05) is 160 Å². The second kappa shape index (κ2) is 14.3. The standard InChI is InChI=1S/C18H21OP.C18H21P/c19-20(16-10-4-1-5-11-16,17-12-6-2-7-13-17)18-14-8-3-9-15-18;1-4-10-16(11-5-1)19(17-12-6-2-7-13-17)18-14-8-3-9-15-18/h1-2,4-7,10-13,18H,3,8-9,14-15H2;1-2,4-7,10-13,18H,3,8-9,14-15H2. The van der Waals surface area contributed by atoms with Gasteiger partial charge in [-0.25, -0.2) is 0 Å². The molecule has 2 aliphatic carbocycles. The minimum absolute atomic E-state index is 0.169. The topological polar surface area (TPSA) is 17.1 Å². The highest BCUT2D eigenvalue weighted by Crippen LogP contribution is 2.53. The lowest BCUT2D eigenvalue weighted by molar-refractivity contribution is 0.490. The van der Waals surface area contributed by atoms with E-state index in [1.54, 1.807) is 10.6 Å². The second-order valence-electron chi connectivity index (χ2n) is 11.0. The van der Waals surface area contributed by atoms with Gasteiger partial charge in [0.2, 0.25) is 0 Å². The maximum atomic E-state index is 14.0. The van der Waals surface area contributed by atoms with Crippen molar-refractivity contribution in [1.82, 2.24) is 0 Å². The highest BCUT2D eigenvalue weighted by molar-refractivity contribution is 7.79. The summed E-state index contributed by atoms with van der Waals surface area (Å²) in [5.74, 6) is 0. The number of hydrogen-bond donors (Lipinski definition) is 0. The van der Waals surface area contributed by atoms with Gasteiger partial charge in [-0.2, -0.15) is 0 Å². The van der Waals surface area contributed by atoms with Crippen LogP contribution in [0, 0.1) is 0 Å². The minimum Gasteiger partial charge on any atom is -0.313 e. The Kier molecular flexibility index (Phi) is 10.3. The Morgan fingerprint density at radius 3 is 1.23 bits per heavy atom. The highest BCUT2D eigenvalue weighted by atomic mass is 31.2. The van der Waals surface area contributed by atoms with Gasteiger partial charge < -0.3 is 4.57 Å². The summed E-state index contributed by atoms with van der Waals surface area (Å²) < 4.78 is 14.0. The summed E-state index contributed by atoms with van der Waals surface area (Å²) >= 11 is 0. The average molecular weight is 553 g/mol. The first-order valence-electron chi connectivity index (χ1n) is 14.9. The number of hydrogen-bond acceptors (Lipinski definition) is 1. The molecule has 1 nitrogen and oxygen atoms in total. The Bertz CT molecular complexity index is 1200. The monoisotopic (exact) mass is 552 g/mol. The molecular formula is C36H42OP2. The van der Waals surface area contributed by atoms with E-state index >= 15 is 0 Å². The molecule has 0 aromatic heterocycles. The molecule has 0 spiro atoms. The molecule has 6 rings (SSSR count).